The number of rotatable bonds is 12. The number of nitrogens with two attached hydrogens (primary N) is 1. The third kappa shape index (κ3) is 7.41. The van der Waals surface area contributed by atoms with Crippen LogP contribution in [0.25, 0.3) is 22.3 Å². The molecule has 0 bridgehead atoms. The van der Waals surface area contributed by atoms with Gasteiger partial charge in [0.25, 0.3) is 0 Å². The fourth-order valence-electron chi connectivity index (χ4n) is 3.87. The smallest absolute Gasteiger partial charge is 0.342 e. The monoisotopic (exact) mass is 552 g/mol. The van der Waals surface area contributed by atoms with Gasteiger partial charge in [-0.05, 0) is 51.0 Å². The highest BCUT2D eigenvalue weighted by molar-refractivity contribution is 7.57. The van der Waals surface area contributed by atoms with Crippen LogP contribution >= 0.6 is 7.52 Å². The Morgan fingerprint density at radius 1 is 1.00 bits per heavy atom. The van der Waals surface area contributed by atoms with Crippen molar-refractivity contribution in [3.63, 3.8) is 0 Å². The van der Waals surface area contributed by atoms with Crippen LogP contribution < -0.4 is 15.3 Å². The number of fused-ring (bicyclic) bond motifs is 1. The highest BCUT2D eigenvalue weighted by atomic mass is 31.2. The summed E-state index contributed by atoms with van der Waals surface area (Å²) in [6.07, 6.45) is 1.95. The number of esters is 1. The minimum Gasteiger partial charge on any atom is -0.462 e. The van der Waals surface area contributed by atoms with Gasteiger partial charge >= 0.3 is 13.5 Å². The van der Waals surface area contributed by atoms with E-state index in [-0.39, 0.29) is 18.3 Å². The van der Waals surface area contributed by atoms with E-state index in [0.29, 0.717) is 23.5 Å². The Morgan fingerprint density at radius 2 is 1.69 bits per heavy atom. The summed E-state index contributed by atoms with van der Waals surface area (Å²) in [5.74, 6) is 0.123. The van der Waals surface area contributed by atoms with Gasteiger partial charge < -0.3 is 24.3 Å². The number of carbonyl (C=O) groups is 1. The standard InChI is InChI=1S/C27H33N6O5P/c1-18(2)37-27(34)20(4)32-39(35,38-23-12-10-22(11-13-23)21-8-6-5-7-9-21)17-36-19(3)14-33-16-31-24-25(28)29-15-30-26(24)33/h5-13,15-16,18-20H,14,17H2,1-4H3,(H,32,35)(H2,28,29,30)/t19-,20-,39?/m1/s1. The number of ether oxygens (including phenoxy) is 2. The Kier molecular flexibility index (Phi) is 8.96. The zero-order valence-corrected chi connectivity index (χ0v) is 23.2. The van der Waals surface area contributed by atoms with Gasteiger partial charge in [0.2, 0.25) is 0 Å². The van der Waals surface area contributed by atoms with Crippen molar-refractivity contribution in [3.05, 3.63) is 67.3 Å². The number of nitrogen functional groups attached to an aromatic ring is 1. The van der Waals surface area contributed by atoms with E-state index in [1.54, 1.807) is 43.8 Å². The van der Waals surface area contributed by atoms with Crippen LogP contribution in [0, 0.1) is 0 Å². The highest BCUT2D eigenvalue weighted by Gasteiger charge is 2.32. The zero-order valence-electron chi connectivity index (χ0n) is 22.4. The van der Waals surface area contributed by atoms with Crippen LogP contribution in [0.15, 0.2) is 67.3 Å². The number of hydrogen-bond donors (Lipinski definition) is 2. The molecule has 0 radical (unpaired) electrons. The van der Waals surface area contributed by atoms with Gasteiger partial charge in [0.05, 0.1) is 25.1 Å². The molecule has 1 unspecified atom stereocenters. The predicted molar refractivity (Wildman–Crippen MR) is 149 cm³/mol. The lowest BCUT2D eigenvalue weighted by atomic mass is 10.1. The minimum atomic E-state index is -3.73. The number of imidazole rings is 1. The van der Waals surface area contributed by atoms with Crippen molar-refractivity contribution in [2.45, 2.75) is 52.5 Å². The predicted octanol–water partition coefficient (Wildman–Crippen LogP) is 4.64. The number of nitrogens with one attached hydrogen (secondary N) is 1. The lowest BCUT2D eigenvalue weighted by Gasteiger charge is -2.25. The third-order valence-electron chi connectivity index (χ3n) is 5.72. The van der Waals surface area contributed by atoms with Crippen LogP contribution in [0.5, 0.6) is 5.75 Å². The molecular formula is C27H33N6O5P. The first-order valence-corrected chi connectivity index (χ1v) is 14.4. The average molecular weight is 553 g/mol. The van der Waals surface area contributed by atoms with E-state index in [4.69, 9.17) is 19.7 Å². The van der Waals surface area contributed by atoms with Gasteiger partial charge in [0, 0.05) is 0 Å². The van der Waals surface area contributed by atoms with Crippen LogP contribution in [0.3, 0.4) is 0 Å². The van der Waals surface area contributed by atoms with Crippen molar-refractivity contribution in [1.29, 1.82) is 0 Å². The molecule has 4 aromatic rings. The van der Waals surface area contributed by atoms with Gasteiger partial charge in [-0.25, -0.2) is 20.0 Å². The molecule has 39 heavy (non-hydrogen) atoms. The summed E-state index contributed by atoms with van der Waals surface area (Å²) in [5, 5.41) is 2.82. The van der Waals surface area contributed by atoms with Crippen molar-refractivity contribution < 1.29 is 23.4 Å². The molecule has 0 aliphatic rings. The van der Waals surface area contributed by atoms with Crippen LogP contribution in [0.2, 0.25) is 0 Å². The molecule has 0 aliphatic carbocycles. The molecule has 0 amide bonds. The Hall–Kier alpha value is -3.79. The van der Waals surface area contributed by atoms with Crippen molar-refractivity contribution in [1.82, 2.24) is 24.6 Å². The fourth-order valence-corrected chi connectivity index (χ4v) is 5.66. The molecule has 2 aromatic carbocycles. The Morgan fingerprint density at radius 3 is 2.38 bits per heavy atom. The quantitative estimate of drug-likeness (QED) is 0.188. The van der Waals surface area contributed by atoms with Gasteiger partial charge in [0.15, 0.2) is 11.5 Å². The molecule has 4 rings (SSSR count). The van der Waals surface area contributed by atoms with E-state index >= 15 is 0 Å². The summed E-state index contributed by atoms with van der Waals surface area (Å²) in [7, 11) is -3.73. The van der Waals surface area contributed by atoms with E-state index in [1.165, 1.54) is 6.33 Å². The molecule has 2 heterocycles. The van der Waals surface area contributed by atoms with Gasteiger partial charge in [-0.2, -0.15) is 0 Å². The number of anilines is 1. The summed E-state index contributed by atoms with van der Waals surface area (Å²) in [4.78, 5) is 24.9. The number of hydrogen-bond acceptors (Lipinski definition) is 9. The molecule has 3 atom stereocenters. The lowest BCUT2D eigenvalue weighted by Crippen LogP contribution is -2.37. The van der Waals surface area contributed by atoms with Crippen LogP contribution in [0.1, 0.15) is 27.7 Å². The number of aromatic nitrogens is 4. The molecule has 0 saturated carbocycles. The zero-order chi connectivity index (χ0) is 28.0. The normalized spacial score (nSPS) is 14.6. The molecule has 0 spiro atoms. The maximum Gasteiger partial charge on any atom is 0.342 e. The van der Waals surface area contributed by atoms with E-state index in [2.05, 4.69) is 20.0 Å². The van der Waals surface area contributed by atoms with E-state index in [0.717, 1.165) is 11.1 Å². The van der Waals surface area contributed by atoms with Gasteiger partial charge in [0.1, 0.15) is 30.0 Å². The number of benzene rings is 2. The minimum absolute atomic E-state index is 0.287. The molecule has 11 nitrogen and oxygen atoms in total. The lowest BCUT2D eigenvalue weighted by molar-refractivity contribution is -0.149. The van der Waals surface area contributed by atoms with E-state index in [9.17, 15) is 9.36 Å². The second-order valence-corrected chi connectivity index (χ2v) is 11.5. The molecule has 0 fully saturated rings. The summed E-state index contributed by atoms with van der Waals surface area (Å²) >= 11 is 0. The molecule has 206 valence electrons. The molecule has 12 heteroatoms. The summed E-state index contributed by atoms with van der Waals surface area (Å²) in [6, 6.07) is 16.2. The molecule has 3 N–H and O–H groups in total. The van der Waals surface area contributed by atoms with Gasteiger partial charge in [-0.1, -0.05) is 42.5 Å². The maximum absolute atomic E-state index is 14.0. The Bertz CT molecular complexity index is 1440. The largest absolute Gasteiger partial charge is 0.462 e. The van der Waals surface area contributed by atoms with E-state index < -0.39 is 25.6 Å². The van der Waals surface area contributed by atoms with Crippen molar-refractivity contribution in [2.24, 2.45) is 0 Å². The molecule has 0 saturated heterocycles. The van der Waals surface area contributed by atoms with Crippen molar-refractivity contribution in [3.8, 4) is 16.9 Å². The molecular weight excluding hydrogens is 519 g/mol. The maximum atomic E-state index is 14.0. The first kappa shape index (κ1) is 28.2. The third-order valence-corrected chi connectivity index (χ3v) is 7.50. The molecule has 2 aromatic heterocycles. The topological polar surface area (TPSA) is 143 Å². The van der Waals surface area contributed by atoms with Gasteiger partial charge in [-0.15, -0.1) is 0 Å². The number of nitrogens with zero attached hydrogens (tertiary/aromatic N) is 4. The van der Waals surface area contributed by atoms with Crippen LogP contribution in [-0.4, -0.2) is 50.1 Å². The Balaban J connectivity index is 1.48. The van der Waals surface area contributed by atoms with Crippen molar-refractivity contribution >= 4 is 30.5 Å². The van der Waals surface area contributed by atoms with Crippen LogP contribution in [-0.2, 0) is 25.4 Å². The first-order chi connectivity index (χ1) is 18.6. The summed E-state index contributed by atoms with van der Waals surface area (Å²) in [5.41, 5.74) is 8.98. The van der Waals surface area contributed by atoms with Crippen LogP contribution in [0.4, 0.5) is 5.82 Å². The fraction of sp³-hybridized carbons (Fsp3) is 0.333. The SMILES string of the molecule is CC(C)OC(=O)[C@@H](C)NP(=O)(CO[C@H](C)Cn1cnc2c(N)ncnc21)Oc1ccc(-c2ccccc2)cc1. The number of carbonyl (C=O) groups excluding carboxylic acids is 1. The second-order valence-electron chi connectivity index (χ2n) is 9.43. The van der Waals surface area contributed by atoms with Crippen molar-refractivity contribution in [2.75, 3.05) is 12.1 Å². The van der Waals surface area contributed by atoms with Gasteiger partial charge in [-0.3, -0.25) is 9.36 Å². The molecule has 0 aliphatic heterocycles. The summed E-state index contributed by atoms with van der Waals surface area (Å²) < 4.78 is 32.9. The summed E-state index contributed by atoms with van der Waals surface area (Å²) in [6.45, 7) is 7.26. The average Bonchev–Trinajstić information content (AvgIpc) is 3.32. The van der Waals surface area contributed by atoms with E-state index in [1.807, 2.05) is 49.4 Å². The first-order valence-electron chi connectivity index (χ1n) is 12.6. The second kappa shape index (κ2) is 12.4. The Labute approximate surface area is 227 Å². The highest BCUT2D eigenvalue weighted by Crippen LogP contribution is 2.44.